The number of nitrogens with zero attached hydrogens (tertiary/aromatic N) is 4. The Morgan fingerprint density at radius 3 is 2.50 bits per heavy atom. The number of aryl methyl sites for hydroxylation is 1. The molecule has 12 heteroatoms. The number of imidazole rings is 1. The number of benzene rings is 2. The minimum absolute atomic E-state index is 0.0600. The Hall–Kier alpha value is -3.73. The zero-order valence-electron chi connectivity index (χ0n) is 20.1. The van der Waals surface area contributed by atoms with Crippen LogP contribution in [0.4, 0.5) is 10.1 Å². The largest absolute Gasteiger partial charge is 0.497 e. The molecule has 2 aromatic carbocycles. The fourth-order valence-electron chi connectivity index (χ4n) is 4.02. The summed E-state index contributed by atoms with van der Waals surface area (Å²) in [6, 6.07) is 13.8. The number of hydrogen-bond acceptors (Lipinski definition) is 6. The van der Waals surface area contributed by atoms with E-state index >= 15 is 4.39 Å². The summed E-state index contributed by atoms with van der Waals surface area (Å²) < 4.78 is 51.6. The van der Waals surface area contributed by atoms with Gasteiger partial charge in [0.15, 0.2) is 5.82 Å². The molecule has 38 heavy (non-hydrogen) atoms. The van der Waals surface area contributed by atoms with E-state index < -0.39 is 15.8 Å². The van der Waals surface area contributed by atoms with E-state index in [1.54, 1.807) is 35.0 Å². The highest BCUT2D eigenvalue weighted by molar-refractivity contribution is 7.93. The van der Waals surface area contributed by atoms with Crippen LogP contribution < -0.4 is 9.46 Å². The third-order valence-corrected chi connectivity index (χ3v) is 8.10. The first-order valence-electron chi connectivity index (χ1n) is 11.4. The number of anilines is 1. The molecule has 8 nitrogen and oxygen atoms in total. The Labute approximate surface area is 228 Å². The lowest BCUT2D eigenvalue weighted by Gasteiger charge is -2.13. The standard InChI is InChI=1S/C26H20Cl2FN5O3S/c1-3-21-30-12-10-20(31-21)25-24(32-22-14-15(37-2)11-13-34(22)25)16-6-4-9-19(23(16)29)33-38(35,36)26-17(27)7-5-8-18(26)28/h4-14,33H,3H2,1-2H3. The van der Waals surface area contributed by atoms with E-state index in [0.717, 1.165) is 0 Å². The van der Waals surface area contributed by atoms with Crippen LogP contribution in [0, 0.1) is 5.82 Å². The van der Waals surface area contributed by atoms with Crippen molar-refractivity contribution in [3.05, 3.63) is 88.7 Å². The van der Waals surface area contributed by atoms with Gasteiger partial charge in [0, 0.05) is 30.4 Å². The number of ether oxygens (including phenoxy) is 1. The van der Waals surface area contributed by atoms with Crippen LogP contribution in [0.15, 0.2) is 71.9 Å². The SMILES string of the molecule is CCc1nccc(-c2c(-c3cccc(NS(=O)(=O)c4c(Cl)cccc4Cl)c3F)nc3cc(OC)ccn23)n1. The zero-order valence-corrected chi connectivity index (χ0v) is 22.4. The van der Waals surface area contributed by atoms with Gasteiger partial charge in [0.05, 0.1) is 34.2 Å². The molecule has 1 N–H and O–H groups in total. The predicted octanol–water partition coefficient (Wildman–Crippen LogP) is 6.28. The molecule has 0 spiro atoms. The molecule has 0 aliphatic heterocycles. The van der Waals surface area contributed by atoms with Crippen molar-refractivity contribution in [1.82, 2.24) is 19.4 Å². The molecule has 0 radical (unpaired) electrons. The van der Waals surface area contributed by atoms with E-state index in [9.17, 15) is 8.42 Å². The number of fused-ring (bicyclic) bond motifs is 1. The van der Waals surface area contributed by atoms with Crippen molar-refractivity contribution in [3.63, 3.8) is 0 Å². The summed E-state index contributed by atoms with van der Waals surface area (Å²) in [5, 5.41) is -0.178. The second-order valence-corrected chi connectivity index (χ2v) is 10.6. The Kier molecular flexibility index (Phi) is 6.95. The molecule has 3 heterocycles. The van der Waals surface area contributed by atoms with Crippen molar-refractivity contribution in [2.45, 2.75) is 18.2 Å². The van der Waals surface area contributed by atoms with Gasteiger partial charge >= 0.3 is 0 Å². The van der Waals surface area contributed by atoms with E-state index in [4.69, 9.17) is 27.9 Å². The van der Waals surface area contributed by atoms with Gasteiger partial charge in [-0.3, -0.25) is 9.12 Å². The van der Waals surface area contributed by atoms with Crippen LogP contribution in [0.2, 0.25) is 10.0 Å². The molecular formula is C26H20Cl2FN5O3S. The number of aromatic nitrogens is 4. The van der Waals surface area contributed by atoms with Gasteiger partial charge in [-0.2, -0.15) is 0 Å². The van der Waals surface area contributed by atoms with Gasteiger partial charge in [0.1, 0.15) is 27.8 Å². The summed E-state index contributed by atoms with van der Waals surface area (Å²) in [5.74, 6) is 0.340. The highest BCUT2D eigenvalue weighted by Gasteiger charge is 2.26. The van der Waals surface area contributed by atoms with E-state index in [2.05, 4.69) is 19.7 Å². The molecule has 5 rings (SSSR count). The smallest absolute Gasteiger partial charge is 0.264 e. The third kappa shape index (κ3) is 4.66. The number of hydrogen-bond donors (Lipinski definition) is 1. The summed E-state index contributed by atoms with van der Waals surface area (Å²) in [6.45, 7) is 1.93. The summed E-state index contributed by atoms with van der Waals surface area (Å²) >= 11 is 12.2. The lowest BCUT2D eigenvalue weighted by Crippen LogP contribution is -2.15. The van der Waals surface area contributed by atoms with Crippen molar-refractivity contribution in [2.24, 2.45) is 0 Å². The van der Waals surface area contributed by atoms with Crippen LogP contribution in [0.5, 0.6) is 5.75 Å². The van der Waals surface area contributed by atoms with Crippen LogP contribution in [0.1, 0.15) is 12.7 Å². The van der Waals surface area contributed by atoms with Gasteiger partial charge < -0.3 is 4.74 Å². The average Bonchev–Trinajstić information content (AvgIpc) is 3.28. The third-order valence-electron chi connectivity index (χ3n) is 5.78. The second kappa shape index (κ2) is 10.2. The van der Waals surface area contributed by atoms with Gasteiger partial charge in [-0.1, -0.05) is 42.3 Å². The Morgan fingerprint density at radius 1 is 1.05 bits per heavy atom. The number of halogens is 3. The van der Waals surface area contributed by atoms with Crippen LogP contribution in [0.25, 0.3) is 28.3 Å². The summed E-state index contributed by atoms with van der Waals surface area (Å²) in [6.07, 6.45) is 3.98. The molecule has 0 bridgehead atoms. The van der Waals surface area contributed by atoms with Gasteiger partial charge in [0.25, 0.3) is 10.0 Å². The highest BCUT2D eigenvalue weighted by atomic mass is 35.5. The lowest BCUT2D eigenvalue weighted by molar-refractivity contribution is 0.414. The van der Waals surface area contributed by atoms with Crippen LogP contribution in [0.3, 0.4) is 0 Å². The summed E-state index contributed by atoms with van der Waals surface area (Å²) in [5.41, 5.74) is 1.54. The van der Waals surface area contributed by atoms with E-state index in [-0.39, 0.29) is 31.9 Å². The molecule has 5 aromatic rings. The number of nitrogens with one attached hydrogen (secondary N) is 1. The molecule has 0 atom stereocenters. The maximum Gasteiger partial charge on any atom is 0.264 e. The monoisotopic (exact) mass is 571 g/mol. The minimum atomic E-state index is -4.32. The quantitative estimate of drug-likeness (QED) is 0.247. The first-order valence-corrected chi connectivity index (χ1v) is 13.6. The fraction of sp³-hybridized carbons (Fsp3) is 0.115. The lowest BCUT2D eigenvalue weighted by atomic mass is 10.1. The van der Waals surface area contributed by atoms with Crippen molar-refractivity contribution >= 4 is 44.6 Å². The van der Waals surface area contributed by atoms with Crippen molar-refractivity contribution in [1.29, 1.82) is 0 Å². The average molecular weight is 572 g/mol. The van der Waals surface area contributed by atoms with Crippen LogP contribution in [-0.4, -0.2) is 34.9 Å². The zero-order chi connectivity index (χ0) is 27.0. The second-order valence-electron chi connectivity index (χ2n) is 8.14. The highest BCUT2D eigenvalue weighted by Crippen LogP contribution is 2.37. The number of sulfonamides is 1. The molecule has 0 aliphatic rings. The van der Waals surface area contributed by atoms with Gasteiger partial charge in [0.2, 0.25) is 0 Å². The maximum absolute atomic E-state index is 16.0. The molecule has 0 unspecified atom stereocenters. The Morgan fingerprint density at radius 2 is 1.79 bits per heavy atom. The molecule has 0 saturated carbocycles. The maximum atomic E-state index is 16.0. The van der Waals surface area contributed by atoms with Crippen molar-refractivity contribution < 1.29 is 17.5 Å². The molecule has 0 amide bonds. The van der Waals surface area contributed by atoms with E-state index in [0.29, 0.717) is 35.0 Å². The molecule has 194 valence electrons. The van der Waals surface area contributed by atoms with Gasteiger partial charge in [-0.05, 0) is 36.4 Å². The number of methoxy groups -OCH3 is 1. The molecule has 0 saturated heterocycles. The van der Waals surface area contributed by atoms with E-state index in [1.807, 2.05) is 6.92 Å². The number of rotatable bonds is 7. The summed E-state index contributed by atoms with van der Waals surface area (Å²) in [4.78, 5) is 13.2. The summed E-state index contributed by atoms with van der Waals surface area (Å²) in [7, 11) is -2.78. The topological polar surface area (TPSA) is 98.5 Å². The Balaban J connectivity index is 1.69. The van der Waals surface area contributed by atoms with Gasteiger partial charge in [-0.15, -0.1) is 0 Å². The predicted molar refractivity (Wildman–Crippen MR) is 145 cm³/mol. The van der Waals surface area contributed by atoms with Crippen LogP contribution in [-0.2, 0) is 16.4 Å². The van der Waals surface area contributed by atoms with Crippen molar-refractivity contribution in [2.75, 3.05) is 11.8 Å². The molecule has 0 fully saturated rings. The first kappa shape index (κ1) is 25.9. The van der Waals surface area contributed by atoms with Crippen LogP contribution >= 0.6 is 23.2 Å². The molecule has 3 aromatic heterocycles. The Bertz CT molecular complexity index is 1770. The fourth-order valence-corrected chi connectivity index (χ4v) is 6.22. The minimum Gasteiger partial charge on any atom is -0.497 e. The first-order chi connectivity index (χ1) is 18.2. The van der Waals surface area contributed by atoms with Gasteiger partial charge in [-0.25, -0.2) is 27.8 Å². The number of pyridine rings is 1. The molecular weight excluding hydrogens is 552 g/mol. The van der Waals surface area contributed by atoms with Crippen molar-refractivity contribution in [3.8, 4) is 28.4 Å². The molecule has 0 aliphatic carbocycles. The normalized spacial score (nSPS) is 11.6. The van der Waals surface area contributed by atoms with E-state index in [1.165, 1.54) is 43.5 Å².